The maximum atomic E-state index is 14.8. The minimum absolute atomic E-state index is 0.0111. The van der Waals surface area contributed by atoms with Crippen molar-refractivity contribution in [3.8, 4) is 6.07 Å². The molecule has 1 saturated heterocycles. The summed E-state index contributed by atoms with van der Waals surface area (Å²) < 4.78 is 17.5. The van der Waals surface area contributed by atoms with Crippen LogP contribution < -0.4 is 21.4 Å². The van der Waals surface area contributed by atoms with Crippen LogP contribution >= 0.6 is 0 Å². The zero-order valence-electron chi connectivity index (χ0n) is 42.2. The van der Waals surface area contributed by atoms with Crippen LogP contribution in [0.15, 0.2) is 54.6 Å². The fourth-order valence-electron chi connectivity index (χ4n) is 8.96. The summed E-state index contributed by atoms with van der Waals surface area (Å²) in [5.41, 5.74) is 4.46. The number of likely N-dealkylation sites (tertiary alicyclic amines) is 1. The predicted octanol–water partition coefficient (Wildman–Crippen LogP) is 4.68. The van der Waals surface area contributed by atoms with Gasteiger partial charge in [-0.15, -0.1) is 0 Å². The molecule has 18 heteroatoms. The lowest BCUT2D eigenvalue weighted by molar-refractivity contribution is -0.148. The summed E-state index contributed by atoms with van der Waals surface area (Å²) in [6.45, 7) is 14.6. The van der Waals surface area contributed by atoms with E-state index in [2.05, 4.69) is 27.5 Å². The van der Waals surface area contributed by atoms with Gasteiger partial charge in [-0.2, -0.15) is 10.7 Å². The zero-order chi connectivity index (χ0) is 50.8. The molecule has 0 radical (unpaired) electrons. The van der Waals surface area contributed by atoms with Crippen molar-refractivity contribution in [2.45, 2.75) is 136 Å². The average molecular weight is 949 g/mol. The molecule has 4 N–H and O–H groups in total. The molecule has 1 fully saturated rings. The molecule has 0 bridgehead atoms. The van der Waals surface area contributed by atoms with Gasteiger partial charge in [-0.05, 0) is 55.1 Å². The molecule has 1 aliphatic heterocycles. The summed E-state index contributed by atoms with van der Waals surface area (Å²) in [6, 6.07) is 14.8. The van der Waals surface area contributed by atoms with Crippen LogP contribution in [-0.4, -0.2) is 141 Å². The number of anilines is 1. The number of benzene rings is 2. The first-order chi connectivity index (χ1) is 32.2. The molecule has 6 amide bonds. The Kier molecular flexibility index (Phi) is 22.9. The highest BCUT2D eigenvalue weighted by atomic mass is 16.7. The molecule has 0 aromatic heterocycles. The van der Waals surface area contributed by atoms with E-state index in [-0.39, 0.29) is 73.8 Å². The number of carbonyl (C=O) groups excluding carboxylic acids is 6. The van der Waals surface area contributed by atoms with Gasteiger partial charge < -0.3 is 40.0 Å². The summed E-state index contributed by atoms with van der Waals surface area (Å²) >= 11 is 0. The van der Waals surface area contributed by atoms with E-state index < -0.39 is 66.4 Å². The minimum atomic E-state index is -0.890. The van der Waals surface area contributed by atoms with Crippen molar-refractivity contribution in [2.24, 2.45) is 23.7 Å². The fraction of sp³-hybridized carbons (Fsp3) is 0.620. The molecule has 376 valence electrons. The summed E-state index contributed by atoms with van der Waals surface area (Å²) in [5.74, 6) is -2.89. The largest absolute Gasteiger partial charge is 0.443 e. The SMILES string of the molecule is CC[C@H](C)[C@@H]([C@@H](CC(=O)N1C[C@H](ONC(=O)OCc2ccc(NC(C)=O)cc2)C[C@H]1[C@H](OC)[C@@H](C)C(=O)N[C@H](C#N)Cc1ccccc1)OC)N(C)C(=O)[C@@H](NC(=O)[C@H](C(C)C)N(C)C)C(C)C. The predicted molar refractivity (Wildman–Crippen MR) is 257 cm³/mol. The molecular weight excluding hydrogens is 873 g/mol. The van der Waals surface area contributed by atoms with Crippen molar-refractivity contribution in [1.29, 1.82) is 5.26 Å². The maximum Gasteiger partial charge on any atom is 0.431 e. The van der Waals surface area contributed by atoms with Gasteiger partial charge in [-0.25, -0.2) is 4.79 Å². The lowest BCUT2D eigenvalue weighted by Gasteiger charge is -2.41. The van der Waals surface area contributed by atoms with Gasteiger partial charge in [0.25, 0.3) is 0 Å². The second kappa shape index (κ2) is 27.4. The molecule has 1 aliphatic rings. The Morgan fingerprint density at radius 2 is 1.50 bits per heavy atom. The van der Waals surface area contributed by atoms with Crippen molar-refractivity contribution < 1.29 is 47.8 Å². The van der Waals surface area contributed by atoms with Crippen LogP contribution in [0.5, 0.6) is 0 Å². The van der Waals surface area contributed by atoms with Crippen molar-refractivity contribution >= 4 is 41.3 Å². The topological polar surface area (TPSA) is 221 Å². The van der Waals surface area contributed by atoms with Crippen LogP contribution in [0.25, 0.3) is 0 Å². The van der Waals surface area contributed by atoms with Gasteiger partial charge in [0.15, 0.2) is 0 Å². The number of likely N-dealkylation sites (N-methyl/N-ethyl adjacent to an activating group) is 2. The molecular formula is C50H76N8O10. The highest BCUT2D eigenvalue weighted by Gasteiger charge is 2.46. The number of nitrogens with zero attached hydrogens (tertiary/aromatic N) is 4. The second-order valence-electron chi connectivity index (χ2n) is 18.7. The number of methoxy groups -OCH3 is 2. The van der Waals surface area contributed by atoms with Crippen LogP contribution in [0.4, 0.5) is 10.5 Å². The molecule has 0 unspecified atom stereocenters. The van der Waals surface area contributed by atoms with Crippen molar-refractivity contribution in [1.82, 2.24) is 30.8 Å². The van der Waals surface area contributed by atoms with Crippen LogP contribution in [-0.2, 0) is 56.0 Å². The number of nitriles is 1. The highest BCUT2D eigenvalue weighted by molar-refractivity contribution is 5.90. The van der Waals surface area contributed by atoms with Gasteiger partial charge in [0.05, 0.1) is 48.7 Å². The molecule has 1 heterocycles. The number of ether oxygens (including phenoxy) is 3. The summed E-state index contributed by atoms with van der Waals surface area (Å²) in [4.78, 5) is 91.8. The van der Waals surface area contributed by atoms with E-state index in [4.69, 9.17) is 19.0 Å². The Morgan fingerprint density at radius 1 is 0.853 bits per heavy atom. The van der Waals surface area contributed by atoms with Gasteiger partial charge in [0.2, 0.25) is 29.5 Å². The van der Waals surface area contributed by atoms with E-state index in [9.17, 15) is 34.0 Å². The number of rotatable bonds is 25. The highest BCUT2D eigenvalue weighted by Crippen LogP contribution is 2.31. The standard InChI is InChI=1S/C50H76N8O10/c1-14-32(6)45(57(11)49(63)43(30(2)3)54-48(62)44(31(4)5)56(9)10)41(65-12)26-42(60)58-28-39(68-55-50(64)67-29-36-20-22-37(23-21-36)52-34(8)59)25-40(58)46(66-13)33(7)47(61)53-38(27-51)24-35-18-16-15-17-19-35/h15-23,30-33,38-41,43-46H,14,24-26,28-29H2,1-13H3,(H,52,59)(H,53,61)(H,54,62)(H,55,64)/t32-,33+,38-,39+,40-,41+,43-,44-,45-,46+/m0/s1. The molecule has 2 aromatic rings. The average Bonchev–Trinajstić information content (AvgIpc) is 3.72. The van der Waals surface area contributed by atoms with Gasteiger partial charge in [-0.3, -0.25) is 33.7 Å². The summed E-state index contributed by atoms with van der Waals surface area (Å²) in [6.07, 6.45) is -2.46. The first kappa shape index (κ1) is 56.7. The van der Waals surface area contributed by atoms with Crippen molar-refractivity contribution in [2.75, 3.05) is 47.2 Å². The van der Waals surface area contributed by atoms with Gasteiger partial charge >= 0.3 is 6.09 Å². The maximum absolute atomic E-state index is 14.8. The number of hydrogen-bond acceptors (Lipinski definition) is 12. The summed E-state index contributed by atoms with van der Waals surface area (Å²) in [7, 11) is 8.26. The third-order valence-electron chi connectivity index (χ3n) is 12.7. The molecule has 18 nitrogen and oxygen atoms in total. The Morgan fingerprint density at radius 3 is 2.03 bits per heavy atom. The van der Waals surface area contributed by atoms with Crippen LogP contribution in [0, 0.1) is 35.0 Å². The normalized spacial score (nSPS) is 18.3. The minimum Gasteiger partial charge on any atom is -0.443 e. The Balaban J connectivity index is 1.89. The lowest BCUT2D eigenvalue weighted by Crippen LogP contribution is -2.59. The van der Waals surface area contributed by atoms with E-state index in [1.165, 1.54) is 21.1 Å². The van der Waals surface area contributed by atoms with Crippen LogP contribution in [0.1, 0.15) is 85.8 Å². The molecule has 2 aromatic carbocycles. The third kappa shape index (κ3) is 16.3. The summed E-state index contributed by atoms with van der Waals surface area (Å²) in [5, 5.41) is 18.5. The number of nitrogens with one attached hydrogen (secondary N) is 4. The smallest absolute Gasteiger partial charge is 0.431 e. The number of hydroxylamine groups is 1. The number of carbonyl (C=O) groups is 6. The molecule has 10 atom stereocenters. The van der Waals surface area contributed by atoms with Gasteiger partial charge in [0, 0.05) is 53.3 Å². The number of hydrogen-bond donors (Lipinski definition) is 4. The quantitative estimate of drug-likeness (QED) is 0.0998. The van der Waals surface area contributed by atoms with Crippen molar-refractivity contribution in [3.63, 3.8) is 0 Å². The molecule has 0 spiro atoms. The van der Waals surface area contributed by atoms with E-state index in [0.29, 0.717) is 17.7 Å². The fourth-order valence-corrected chi connectivity index (χ4v) is 8.96. The van der Waals surface area contributed by atoms with E-state index in [1.807, 2.05) is 90.9 Å². The van der Waals surface area contributed by atoms with Gasteiger partial charge in [0.1, 0.15) is 24.8 Å². The first-order valence-electron chi connectivity index (χ1n) is 23.4. The molecule has 68 heavy (non-hydrogen) atoms. The van der Waals surface area contributed by atoms with E-state index >= 15 is 0 Å². The van der Waals surface area contributed by atoms with Crippen LogP contribution in [0.3, 0.4) is 0 Å². The van der Waals surface area contributed by atoms with E-state index in [0.717, 1.165) is 5.56 Å². The molecule has 0 saturated carbocycles. The second-order valence-corrected chi connectivity index (χ2v) is 18.7. The Bertz CT molecular complexity index is 1990. The zero-order valence-corrected chi connectivity index (χ0v) is 42.2. The Hall–Kier alpha value is -5.61. The van der Waals surface area contributed by atoms with Crippen LogP contribution in [0.2, 0.25) is 0 Å². The van der Waals surface area contributed by atoms with Gasteiger partial charge in [-0.1, -0.05) is 97.4 Å². The Labute approximate surface area is 403 Å². The monoisotopic (exact) mass is 949 g/mol. The molecule has 3 rings (SSSR count). The van der Waals surface area contributed by atoms with Crippen molar-refractivity contribution in [3.05, 3.63) is 65.7 Å². The number of amides is 6. The third-order valence-corrected chi connectivity index (χ3v) is 12.7. The van der Waals surface area contributed by atoms with E-state index in [1.54, 1.807) is 48.0 Å². The first-order valence-corrected chi connectivity index (χ1v) is 23.4. The lowest BCUT2D eigenvalue weighted by atomic mass is 9.89. The molecule has 0 aliphatic carbocycles.